The summed E-state index contributed by atoms with van der Waals surface area (Å²) in [5, 5.41) is 23.3. The highest BCUT2D eigenvalue weighted by atomic mass is 32.2. The summed E-state index contributed by atoms with van der Waals surface area (Å²) in [4.78, 5) is 30.3. The average molecular weight is 334 g/mol. The van der Waals surface area contributed by atoms with E-state index in [4.69, 9.17) is 0 Å². The molecule has 0 saturated carbocycles. The van der Waals surface area contributed by atoms with Gasteiger partial charge in [0.05, 0.1) is 22.4 Å². The molecule has 1 aromatic carbocycles. The first-order valence-electron chi connectivity index (χ1n) is 6.57. The molecule has 2 N–H and O–H groups in total. The summed E-state index contributed by atoms with van der Waals surface area (Å²) in [7, 11) is 0. The highest BCUT2D eigenvalue weighted by Crippen LogP contribution is 2.28. The number of non-ortho nitro benzene ring substituents is 1. The van der Waals surface area contributed by atoms with Crippen LogP contribution in [0.1, 0.15) is 11.4 Å². The summed E-state index contributed by atoms with van der Waals surface area (Å²) in [6.07, 6.45) is 0. The Balaban J connectivity index is 1.98. The van der Waals surface area contributed by atoms with Gasteiger partial charge < -0.3 is 10.4 Å². The van der Waals surface area contributed by atoms with Gasteiger partial charge in [-0.3, -0.25) is 14.9 Å². The highest BCUT2D eigenvalue weighted by Gasteiger charge is 2.13. The summed E-state index contributed by atoms with van der Waals surface area (Å²) < 4.78 is 0. The molecule has 120 valence electrons. The number of aromatic nitrogens is 2. The summed E-state index contributed by atoms with van der Waals surface area (Å²) >= 11 is 1.17. The summed E-state index contributed by atoms with van der Waals surface area (Å²) in [5.74, 6) is -0.679. The lowest BCUT2D eigenvalue weighted by Crippen LogP contribution is -2.14. The van der Waals surface area contributed by atoms with Gasteiger partial charge in [-0.1, -0.05) is 11.8 Å². The summed E-state index contributed by atoms with van der Waals surface area (Å²) in [6.45, 7) is 3.68. The van der Waals surface area contributed by atoms with Crippen molar-refractivity contribution in [3.63, 3.8) is 0 Å². The van der Waals surface area contributed by atoms with E-state index in [2.05, 4.69) is 15.3 Å². The molecule has 0 aliphatic heterocycles. The molecule has 0 atom stereocenters. The quantitative estimate of drug-likeness (QED) is 0.283. The molecule has 0 saturated heterocycles. The first-order valence-corrected chi connectivity index (χ1v) is 7.56. The maximum absolute atomic E-state index is 11.9. The van der Waals surface area contributed by atoms with Crippen LogP contribution in [0, 0.1) is 24.0 Å². The minimum atomic E-state index is -0.626. The maximum atomic E-state index is 11.9. The largest absolute Gasteiger partial charge is 0.506 e. The topological polar surface area (TPSA) is 118 Å². The van der Waals surface area contributed by atoms with Crippen molar-refractivity contribution in [1.29, 1.82) is 0 Å². The minimum absolute atomic E-state index is 0.0549. The molecular weight excluding hydrogens is 320 g/mol. The Bertz CT molecular complexity index is 746. The molecule has 0 aliphatic rings. The number of thioether (sulfide) groups is 1. The van der Waals surface area contributed by atoms with Gasteiger partial charge in [0, 0.05) is 17.5 Å². The molecule has 1 amide bonds. The van der Waals surface area contributed by atoms with Crippen LogP contribution >= 0.6 is 11.8 Å². The fourth-order valence-corrected chi connectivity index (χ4v) is 2.56. The van der Waals surface area contributed by atoms with Crippen LogP contribution in [0.3, 0.4) is 0 Å². The number of carbonyl (C=O) groups excluding carboxylic acids is 1. The van der Waals surface area contributed by atoms with E-state index in [-0.39, 0.29) is 28.8 Å². The predicted octanol–water partition coefficient (Wildman–Crippen LogP) is 2.44. The van der Waals surface area contributed by atoms with Gasteiger partial charge >= 0.3 is 0 Å². The zero-order valence-corrected chi connectivity index (χ0v) is 13.3. The zero-order chi connectivity index (χ0) is 17.0. The number of phenolic OH excluding ortho intramolecular Hbond substituents is 1. The molecule has 9 heteroatoms. The Morgan fingerprint density at radius 2 is 1.96 bits per heavy atom. The van der Waals surface area contributed by atoms with E-state index in [0.717, 1.165) is 17.5 Å². The van der Waals surface area contributed by atoms with Crippen molar-refractivity contribution >= 4 is 29.0 Å². The van der Waals surface area contributed by atoms with Gasteiger partial charge in [0.1, 0.15) is 5.75 Å². The van der Waals surface area contributed by atoms with Crippen molar-refractivity contribution in [2.75, 3.05) is 11.1 Å². The molecule has 0 fully saturated rings. The van der Waals surface area contributed by atoms with E-state index in [1.54, 1.807) is 0 Å². The average Bonchev–Trinajstić information content (AvgIpc) is 2.46. The third-order valence-electron chi connectivity index (χ3n) is 2.76. The molecule has 8 nitrogen and oxygen atoms in total. The van der Waals surface area contributed by atoms with Crippen molar-refractivity contribution < 1.29 is 14.8 Å². The lowest BCUT2D eigenvalue weighted by molar-refractivity contribution is -0.384. The van der Waals surface area contributed by atoms with Gasteiger partial charge in [0.25, 0.3) is 5.69 Å². The molecule has 0 bridgehead atoms. The van der Waals surface area contributed by atoms with Gasteiger partial charge in [0.2, 0.25) is 5.91 Å². The molecule has 0 aliphatic carbocycles. The van der Waals surface area contributed by atoms with Gasteiger partial charge in [-0.25, -0.2) is 9.97 Å². The van der Waals surface area contributed by atoms with Crippen molar-refractivity contribution in [3.05, 3.63) is 45.8 Å². The van der Waals surface area contributed by atoms with Crippen LogP contribution in [0.15, 0.2) is 29.4 Å². The van der Waals surface area contributed by atoms with Crippen LogP contribution in [-0.4, -0.2) is 31.7 Å². The number of rotatable bonds is 5. The van der Waals surface area contributed by atoms with E-state index in [0.29, 0.717) is 5.16 Å². The zero-order valence-electron chi connectivity index (χ0n) is 12.4. The number of nitrogens with zero attached hydrogens (tertiary/aromatic N) is 3. The monoisotopic (exact) mass is 334 g/mol. The molecular formula is C14H14N4O4S. The number of nitro benzene ring substituents is 1. The second kappa shape index (κ2) is 7.05. The Labute approximate surface area is 136 Å². The first-order chi connectivity index (χ1) is 10.8. The number of carbonyl (C=O) groups is 1. The van der Waals surface area contributed by atoms with Gasteiger partial charge in [0.15, 0.2) is 5.16 Å². The van der Waals surface area contributed by atoms with E-state index >= 15 is 0 Å². The minimum Gasteiger partial charge on any atom is -0.506 e. The number of phenols is 1. The fourth-order valence-electron chi connectivity index (χ4n) is 1.81. The summed E-state index contributed by atoms with van der Waals surface area (Å²) in [5.41, 5.74) is 1.49. The predicted molar refractivity (Wildman–Crippen MR) is 85.6 cm³/mol. The number of aromatic hydroxyl groups is 1. The van der Waals surface area contributed by atoms with E-state index < -0.39 is 4.92 Å². The first kappa shape index (κ1) is 16.7. The standard InChI is InChI=1S/C14H14N4O4S/c1-8-5-9(2)16-14(15-8)23-7-13(20)17-11-4-3-10(18(21)22)6-12(11)19/h3-6,19H,7H2,1-2H3,(H,17,20). The van der Waals surface area contributed by atoms with Crippen molar-refractivity contribution in [2.24, 2.45) is 0 Å². The third kappa shape index (κ3) is 4.65. The fraction of sp³-hybridized carbons (Fsp3) is 0.214. The number of benzene rings is 1. The van der Waals surface area contributed by atoms with Crippen molar-refractivity contribution in [3.8, 4) is 5.75 Å². The molecule has 0 unspecified atom stereocenters. The lowest BCUT2D eigenvalue weighted by atomic mass is 10.2. The number of aryl methyl sites for hydroxylation is 2. The van der Waals surface area contributed by atoms with Crippen LogP contribution in [0.2, 0.25) is 0 Å². The van der Waals surface area contributed by atoms with E-state index in [9.17, 15) is 20.0 Å². The number of anilines is 1. The maximum Gasteiger partial charge on any atom is 0.273 e. The number of nitrogens with one attached hydrogen (secondary N) is 1. The number of hydrogen-bond acceptors (Lipinski definition) is 7. The SMILES string of the molecule is Cc1cc(C)nc(SCC(=O)Nc2ccc([N+](=O)[O-])cc2O)n1. The molecule has 2 rings (SSSR count). The van der Waals surface area contributed by atoms with Crippen LogP contribution in [0.4, 0.5) is 11.4 Å². The number of amides is 1. The molecule has 1 aromatic heterocycles. The van der Waals surface area contributed by atoms with E-state index in [1.165, 1.54) is 23.9 Å². The smallest absolute Gasteiger partial charge is 0.273 e. The van der Waals surface area contributed by atoms with Crippen LogP contribution in [0.25, 0.3) is 0 Å². The number of hydrogen-bond donors (Lipinski definition) is 2. The van der Waals surface area contributed by atoms with Gasteiger partial charge in [-0.2, -0.15) is 0 Å². The molecule has 1 heterocycles. The number of nitro groups is 1. The summed E-state index contributed by atoms with van der Waals surface area (Å²) in [6, 6.07) is 5.30. The lowest BCUT2D eigenvalue weighted by Gasteiger charge is -2.07. The molecule has 0 radical (unpaired) electrons. The van der Waals surface area contributed by atoms with Crippen LogP contribution in [-0.2, 0) is 4.79 Å². The second-order valence-corrected chi connectivity index (χ2v) is 5.67. The van der Waals surface area contributed by atoms with Gasteiger partial charge in [-0.05, 0) is 26.0 Å². The van der Waals surface area contributed by atoms with Crippen LogP contribution in [0.5, 0.6) is 5.75 Å². The Morgan fingerprint density at radius 3 is 2.52 bits per heavy atom. The molecule has 2 aromatic rings. The van der Waals surface area contributed by atoms with E-state index in [1.807, 2.05) is 19.9 Å². The highest BCUT2D eigenvalue weighted by molar-refractivity contribution is 7.99. The Hall–Kier alpha value is -2.68. The Morgan fingerprint density at radius 1 is 1.30 bits per heavy atom. The molecule has 0 spiro atoms. The molecule has 23 heavy (non-hydrogen) atoms. The van der Waals surface area contributed by atoms with Gasteiger partial charge in [-0.15, -0.1) is 0 Å². The Kier molecular flexibility index (Phi) is 5.12. The third-order valence-corrected chi connectivity index (χ3v) is 3.61. The van der Waals surface area contributed by atoms with Crippen molar-refractivity contribution in [1.82, 2.24) is 9.97 Å². The second-order valence-electron chi connectivity index (χ2n) is 4.73. The normalized spacial score (nSPS) is 10.3. The van der Waals surface area contributed by atoms with Crippen LogP contribution < -0.4 is 5.32 Å². The van der Waals surface area contributed by atoms with Crippen molar-refractivity contribution in [2.45, 2.75) is 19.0 Å².